The third-order valence-electron chi connectivity index (χ3n) is 4.05. The molecular weight excluding hydrogens is 360 g/mol. The fraction of sp³-hybridized carbons (Fsp3) is 0.294. The van der Waals surface area contributed by atoms with E-state index in [0.717, 1.165) is 24.2 Å². The van der Waals surface area contributed by atoms with Crippen LogP contribution in [0.5, 0.6) is 0 Å². The Morgan fingerprint density at radius 1 is 1.00 bits per heavy atom. The summed E-state index contributed by atoms with van der Waals surface area (Å²) in [5.74, 6) is 0. The Kier molecular flexibility index (Phi) is 5.41. The van der Waals surface area contributed by atoms with Gasteiger partial charge in [-0.1, -0.05) is 36.4 Å². The van der Waals surface area contributed by atoms with Crippen molar-refractivity contribution in [1.29, 1.82) is 0 Å². The summed E-state index contributed by atoms with van der Waals surface area (Å²) < 4.78 is 26.9. The van der Waals surface area contributed by atoms with Gasteiger partial charge in [-0.2, -0.15) is 4.31 Å². The molecule has 132 valence electrons. The van der Waals surface area contributed by atoms with Crippen molar-refractivity contribution in [3.8, 4) is 0 Å². The number of nitro groups is 1. The van der Waals surface area contributed by atoms with Crippen molar-refractivity contribution in [2.75, 3.05) is 13.1 Å². The van der Waals surface area contributed by atoms with Crippen LogP contribution in [0.4, 0.5) is 5.69 Å². The molecule has 0 spiro atoms. The highest BCUT2D eigenvalue weighted by Crippen LogP contribution is 2.36. The summed E-state index contributed by atoms with van der Waals surface area (Å²) in [7, 11) is -3.69. The summed E-state index contributed by atoms with van der Waals surface area (Å²) in [6.45, 7) is 0.938. The number of nitrogens with zero attached hydrogens (tertiary/aromatic N) is 2. The fourth-order valence-corrected chi connectivity index (χ4v) is 5.22. The van der Waals surface area contributed by atoms with Crippen LogP contribution in [0.2, 0.25) is 0 Å². The molecule has 0 aliphatic carbocycles. The van der Waals surface area contributed by atoms with Gasteiger partial charge in [0.1, 0.15) is 0 Å². The van der Waals surface area contributed by atoms with Gasteiger partial charge in [-0.25, -0.2) is 8.42 Å². The molecule has 1 heterocycles. The number of piperidine rings is 1. The molecule has 1 aliphatic rings. The molecule has 0 amide bonds. The third-order valence-corrected chi connectivity index (χ3v) is 7.02. The van der Waals surface area contributed by atoms with Crippen LogP contribution in [0.1, 0.15) is 19.3 Å². The van der Waals surface area contributed by atoms with E-state index in [2.05, 4.69) is 0 Å². The molecule has 1 saturated heterocycles. The van der Waals surface area contributed by atoms with E-state index in [1.54, 1.807) is 0 Å². The topological polar surface area (TPSA) is 80.5 Å². The molecule has 0 atom stereocenters. The van der Waals surface area contributed by atoms with Gasteiger partial charge in [-0.15, -0.1) is 0 Å². The molecule has 1 aliphatic heterocycles. The van der Waals surface area contributed by atoms with E-state index < -0.39 is 14.9 Å². The normalized spacial score (nSPS) is 15.8. The maximum Gasteiger partial charge on any atom is 0.284 e. The number of rotatable bonds is 5. The molecule has 0 radical (unpaired) electrons. The second-order valence-corrected chi connectivity index (χ2v) is 8.82. The number of sulfonamides is 1. The van der Waals surface area contributed by atoms with E-state index in [1.807, 2.05) is 30.3 Å². The van der Waals surface area contributed by atoms with Crippen LogP contribution in [0, 0.1) is 10.1 Å². The predicted molar refractivity (Wildman–Crippen MR) is 96.3 cm³/mol. The van der Waals surface area contributed by atoms with Gasteiger partial charge in [0.05, 0.1) is 14.7 Å². The van der Waals surface area contributed by atoms with Gasteiger partial charge < -0.3 is 0 Å². The molecule has 25 heavy (non-hydrogen) atoms. The first-order valence-electron chi connectivity index (χ1n) is 8.00. The molecule has 1 fully saturated rings. The molecule has 0 bridgehead atoms. The summed E-state index contributed by atoms with van der Waals surface area (Å²) in [5.41, 5.74) is -0.188. The van der Waals surface area contributed by atoms with E-state index in [1.165, 1.54) is 34.3 Å². The van der Waals surface area contributed by atoms with Crippen LogP contribution >= 0.6 is 11.8 Å². The Bertz CT molecular complexity index is 863. The molecule has 2 aromatic carbocycles. The van der Waals surface area contributed by atoms with Gasteiger partial charge in [0.15, 0.2) is 0 Å². The van der Waals surface area contributed by atoms with Gasteiger partial charge in [0.2, 0.25) is 10.0 Å². The van der Waals surface area contributed by atoms with Crippen LogP contribution in [0.15, 0.2) is 63.2 Å². The zero-order valence-corrected chi connectivity index (χ0v) is 15.1. The Hall–Kier alpha value is -1.90. The van der Waals surface area contributed by atoms with E-state index in [4.69, 9.17) is 0 Å². The first-order chi connectivity index (χ1) is 12.0. The van der Waals surface area contributed by atoms with Crippen LogP contribution in [0.25, 0.3) is 0 Å². The summed E-state index contributed by atoms with van der Waals surface area (Å²) in [4.78, 5) is 12.2. The van der Waals surface area contributed by atoms with Crippen LogP contribution in [-0.2, 0) is 10.0 Å². The van der Waals surface area contributed by atoms with Crippen LogP contribution in [-0.4, -0.2) is 30.7 Å². The first-order valence-corrected chi connectivity index (χ1v) is 10.3. The lowest BCUT2D eigenvalue weighted by Gasteiger charge is -2.25. The molecule has 0 aromatic heterocycles. The van der Waals surface area contributed by atoms with Crippen molar-refractivity contribution < 1.29 is 13.3 Å². The Balaban J connectivity index is 1.95. The van der Waals surface area contributed by atoms with Crippen LogP contribution in [0.3, 0.4) is 0 Å². The minimum absolute atomic E-state index is 0.0153. The molecule has 0 N–H and O–H groups in total. The molecule has 6 nitrogen and oxygen atoms in total. The zero-order chi connectivity index (χ0) is 17.9. The highest BCUT2D eigenvalue weighted by atomic mass is 32.2. The van der Waals surface area contributed by atoms with Crippen molar-refractivity contribution in [1.82, 2.24) is 4.31 Å². The fourth-order valence-electron chi connectivity index (χ4n) is 2.76. The van der Waals surface area contributed by atoms with Crippen molar-refractivity contribution in [3.05, 3.63) is 58.6 Å². The van der Waals surface area contributed by atoms with E-state index >= 15 is 0 Å². The number of benzene rings is 2. The van der Waals surface area contributed by atoms with Crippen molar-refractivity contribution in [3.63, 3.8) is 0 Å². The van der Waals surface area contributed by atoms with Gasteiger partial charge in [-0.3, -0.25) is 10.1 Å². The Labute approximate surface area is 151 Å². The zero-order valence-electron chi connectivity index (χ0n) is 13.5. The van der Waals surface area contributed by atoms with Crippen LogP contribution < -0.4 is 0 Å². The SMILES string of the molecule is O=[N+]([O-])c1cc(S(=O)(=O)N2CCCCC2)ccc1Sc1ccccc1. The average Bonchev–Trinajstić information content (AvgIpc) is 2.63. The lowest BCUT2D eigenvalue weighted by molar-refractivity contribution is -0.388. The molecule has 0 saturated carbocycles. The maximum atomic E-state index is 12.7. The number of hydrogen-bond acceptors (Lipinski definition) is 5. The van der Waals surface area contributed by atoms with Gasteiger partial charge in [-0.05, 0) is 37.1 Å². The largest absolute Gasteiger partial charge is 0.284 e. The van der Waals surface area contributed by atoms with Crippen molar-refractivity contribution in [2.45, 2.75) is 33.9 Å². The summed E-state index contributed by atoms with van der Waals surface area (Å²) >= 11 is 1.25. The first kappa shape index (κ1) is 17.9. The molecule has 8 heteroatoms. The van der Waals surface area contributed by atoms with Crippen molar-refractivity contribution >= 4 is 27.5 Å². The number of hydrogen-bond donors (Lipinski definition) is 0. The minimum atomic E-state index is -3.69. The summed E-state index contributed by atoms with van der Waals surface area (Å²) in [5, 5.41) is 11.5. The monoisotopic (exact) mass is 378 g/mol. The quantitative estimate of drug-likeness (QED) is 0.582. The summed E-state index contributed by atoms with van der Waals surface area (Å²) in [6.07, 6.45) is 2.66. The Morgan fingerprint density at radius 2 is 1.68 bits per heavy atom. The van der Waals surface area contributed by atoms with E-state index in [-0.39, 0.29) is 10.6 Å². The second kappa shape index (κ2) is 7.55. The highest BCUT2D eigenvalue weighted by molar-refractivity contribution is 7.99. The summed E-state index contributed by atoms with van der Waals surface area (Å²) in [6, 6.07) is 13.4. The lowest BCUT2D eigenvalue weighted by atomic mass is 10.2. The molecule has 3 rings (SSSR count). The molecule has 2 aromatic rings. The van der Waals surface area contributed by atoms with E-state index in [0.29, 0.717) is 18.0 Å². The molecule has 0 unspecified atom stereocenters. The predicted octanol–water partition coefficient (Wildman–Crippen LogP) is 3.92. The Morgan fingerprint density at radius 3 is 2.32 bits per heavy atom. The molecular formula is C17H18N2O4S2. The minimum Gasteiger partial charge on any atom is -0.258 e. The number of nitro benzene ring substituents is 1. The maximum absolute atomic E-state index is 12.7. The highest BCUT2D eigenvalue weighted by Gasteiger charge is 2.28. The smallest absolute Gasteiger partial charge is 0.258 e. The van der Waals surface area contributed by atoms with Gasteiger partial charge in [0.25, 0.3) is 5.69 Å². The van der Waals surface area contributed by atoms with E-state index in [9.17, 15) is 18.5 Å². The third kappa shape index (κ3) is 4.02. The van der Waals surface area contributed by atoms with Gasteiger partial charge >= 0.3 is 0 Å². The van der Waals surface area contributed by atoms with Crippen molar-refractivity contribution in [2.24, 2.45) is 0 Å². The second-order valence-electron chi connectivity index (χ2n) is 5.77. The van der Waals surface area contributed by atoms with Gasteiger partial charge in [0, 0.05) is 24.1 Å². The lowest BCUT2D eigenvalue weighted by Crippen LogP contribution is -2.35. The standard InChI is InChI=1S/C17H18N2O4S2/c20-19(21)16-13-15(25(22,23)18-11-5-2-6-12-18)9-10-17(16)24-14-7-3-1-4-8-14/h1,3-4,7-10,13H,2,5-6,11-12H2. The average molecular weight is 378 g/mol.